The highest BCUT2D eigenvalue weighted by Gasteiger charge is 2.43. The highest BCUT2D eigenvalue weighted by Crippen LogP contribution is 2.46. The van der Waals surface area contributed by atoms with E-state index in [0.717, 1.165) is 54.2 Å². The van der Waals surface area contributed by atoms with Gasteiger partial charge in [-0.1, -0.05) is 54.3 Å². The van der Waals surface area contributed by atoms with Gasteiger partial charge in [-0.05, 0) is 44.2 Å². The first-order chi connectivity index (χ1) is 15.9. The lowest BCUT2D eigenvalue weighted by molar-refractivity contribution is -0.115. The Balaban J connectivity index is 1.52. The molecule has 0 bridgehead atoms. The fourth-order valence-corrected chi connectivity index (χ4v) is 5.89. The van der Waals surface area contributed by atoms with Crippen LogP contribution in [0.15, 0.2) is 47.4 Å². The molecule has 0 aliphatic carbocycles. The standard InChI is InChI=1S/C25H26N4O2S2/c1-16-7-6-10-19(17(16)2)29-24(31)22(33-25(29)32)21-18-8-4-5-9-20(18)28(23(21)30)15-27-13-11-26(3)12-14-27/h4-10H,11-15H2,1-3H3. The summed E-state index contributed by atoms with van der Waals surface area (Å²) in [6.07, 6.45) is 0. The molecule has 2 aromatic carbocycles. The summed E-state index contributed by atoms with van der Waals surface area (Å²) in [6.45, 7) is 8.30. The van der Waals surface area contributed by atoms with Crippen molar-refractivity contribution in [3.63, 3.8) is 0 Å². The van der Waals surface area contributed by atoms with E-state index in [1.807, 2.05) is 56.3 Å². The third kappa shape index (κ3) is 3.81. The molecule has 2 amide bonds. The van der Waals surface area contributed by atoms with Gasteiger partial charge in [0.2, 0.25) is 0 Å². The van der Waals surface area contributed by atoms with Gasteiger partial charge in [-0.25, -0.2) is 0 Å². The summed E-state index contributed by atoms with van der Waals surface area (Å²) >= 11 is 6.84. The normalized spacial score (nSPS) is 22.0. The van der Waals surface area contributed by atoms with E-state index in [1.54, 1.807) is 9.80 Å². The maximum Gasteiger partial charge on any atom is 0.271 e. The number of nitrogens with zero attached hydrogens (tertiary/aromatic N) is 4. The van der Waals surface area contributed by atoms with Crippen LogP contribution in [-0.4, -0.2) is 65.8 Å². The van der Waals surface area contributed by atoms with E-state index in [2.05, 4.69) is 16.8 Å². The molecule has 2 aromatic rings. The van der Waals surface area contributed by atoms with Crippen molar-refractivity contribution in [1.29, 1.82) is 0 Å². The number of likely N-dealkylation sites (N-methyl/N-ethyl adjacent to an activating group) is 1. The quantitative estimate of drug-likeness (QED) is 0.496. The van der Waals surface area contributed by atoms with Gasteiger partial charge in [0, 0.05) is 31.7 Å². The van der Waals surface area contributed by atoms with E-state index >= 15 is 0 Å². The van der Waals surface area contributed by atoms with E-state index in [0.29, 0.717) is 21.5 Å². The van der Waals surface area contributed by atoms with Gasteiger partial charge in [-0.15, -0.1) is 0 Å². The smallest absolute Gasteiger partial charge is 0.271 e. The minimum Gasteiger partial charge on any atom is -0.304 e. The van der Waals surface area contributed by atoms with Gasteiger partial charge in [-0.2, -0.15) is 0 Å². The summed E-state index contributed by atoms with van der Waals surface area (Å²) in [4.78, 5) is 35.7. The van der Waals surface area contributed by atoms with E-state index in [1.165, 1.54) is 11.8 Å². The van der Waals surface area contributed by atoms with Crippen LogP contribution < -0.4 is 9.80 Å². The molecule has 3 heterocycles. The zero-order chi connectivity index (χ0) is 23.3. The summed E-state index contributed by atoms with van der Waals surface area (Å²) in [5.74, 6) is -0.352. The fourth-order valence-electron chi connectivity index (χ4n) is 4.53. The molecular formula is C25H26N4O2S2. The molecule has 0 atom stereocenters. The summed E-state index contributed by atoms with van der Waals surface area (Å²) in [5.41, 5.74) is 5.00. The number of thioether (sulfide) groups is 1. The van der Waals surface area contributed by atoms with Crippen molar-refractivity contribution in [2.45, 2.75) is 13.8 Å². The molecule has 2 saturated heterocycles. The van der Waals surface area contributed by atoms with Gasteiger partial charge in [-0.3, -0.25) is 24.3 Å². The SMILES string of the molecule is Cc1cccc(N2C(=O)C(=C3C(=O)N(CN4CCN(C)CC4)c4ccccc43)SC2=S)c1C. The molecule has 33 heavy (non-hydrogen) atoms. The molecule has 0 unspecified atom stereocenters. The Morgan fingerprint density at radius 1 is 0.909 bits per heavy atom. The molecule has 0 aromatic heterocycles. The van der Waals surface area contributed by atoms with E-state index in [-0.39, 0.29) is 11.8 Å². The number of amides is 2. The Kier molecular flexibility index (Phi) is 5.86. The van der Waals surface area contributed by atoms with Gasteiger partial charge in [0.1, 0.15) is 0 Å². The lowest BCUT2D eigenvalue weighted by atomic mass is 10.1. The molecule has 0 radical (unpaired) electrons. The van der Waals surface area contributed by atoms with Crippen molar-refractivity contribution >= 4 is 57.1 Å². The number of hydrogen-bond acceptors (Lipinski definition) is 6. The molecule has 2 fully saturated rings. The minimum absolute atomic E-state index is 0.128. The third-order valence-electron chi connectivity index (χ3n) is 6.67. The van der Waals surface area contributed by atoms with E-state index in [4.69, 9.17) is 12.2 Å². The van der Waals surface area contributed by atoms with Gasteiger partial charge in [0.05, 0.1) is 28.5 Å². The van der Waals surface area contributed by atoms with Crippen LogP contribution >= 0.6 is 24.0 Å². The molecule has 3 aliphatic heterocycles. The molecule has 6 nitrogen and oxygen atoms in total. The fraction of sp³-hybridized carbons (Fsp3) is 0.320. The van der Waals surface area contributed by atoms with Crippen LogP contribution in [0, 0.1) is 13.8 Å². The summed E-state index contributed by atoms with van der Waals surface area (Å²) in [7, 11) is 2.11. The van der Waals surface area contributed by atoms with Crippen LogP contribution in [0.3, 0.4) is 0 Å². The number of aryl methyl sites for hydroxylation is 1. The number of hydrogen-bond donors (Lipinski definition) is 0. The molecule has 0 spiro atoms. The van der Waals surface area contributed by atoms with E-state index < -0.39 is 0 Å². The highest BCUT2D eigenvalue weighted by atomic mass is 32.2. The Bertz CT molecular complexity index is 1200. The number of rotatable bonds is 3. The van der Waals surface area contributed by atoms with Crippen LogP contribution in [0.2, 0.25) is 0 Å². The number of thiocarbonyl (C=S) groups is 1. The Hall–Kier alpha value is -2.52. The summed E-state index contributed by atoms with van der Waals surface area (Å²) in [6, 6.07) is 13.6. The number of anilines is 2. The number of fused-ring (bicyclic) bond motifs is 1. The number of carbonyl (C=O) groups excluding carboxylic acids is 2. The molecule has 0 N–H and O–H groups in total. The number of carbonyl (C=O) groups is 2. The molecular weight excluding hydrogens is 452 g/mol. The summed E-state index contributed by atoms with van der Waals surface area (Å²) in [5, 5.41) is 0. The van der Waals surface area contributed by atoms with Gasteiger partial charge >= 0.3 is 0 Å². The van der Waals surface area contributed by atoms with Gasteiger partial charge in [0.25, 0.3) is 11.8 Å². The van der Waals surface area contributed by atoms with Crippen molar-refractivity contribution in [1.82, 2.24) is 9.80 Å². The predicted octanol–water partition coefficient (Wildman–Crippen LogP) is 3.63. The summed E-state index contributed by atoms with van der Waals surface area (Å²) < 4.78 is 0.457. The van der Waals surface area contributed by atoms with Crippen LogP contribution in [0.5, 0.6) is 0 Å². The Labute approximate surface area is 203 Å². The molecule has 0 saturated carbocycles. The number of benzene rings is 2. The lowest BCUT2D eigenvalue weighted by Crippen LogP contribution is -2.49. The van der Waals surface area contributed by atoms with Crippen LogP contribution in [0.4, 0.5) is 11.4 Å². The molecule has 8 heteroatoms. The largest absolute Gasteiger partial charge is 0.304 e. The second kappa shape index (κ2) is 8.68. The zero-order valence-electron chi connectivity index (χ0n) is 19.0. The zero-order valence-corrected chi connectivity index (χ0v) is 20.6. The average molecular weight is 479 g/mol. The second-order valence-corrected chi connectivity index (χ2v) is 10.4. The molecule has 170 valence electrons. The first-order valence-electron chi connectivity index (χ1n) is 11.1. The monoisotopic (exact) mass is 478 g/mol. The predicted molar refractivity (Wildman–Crippen MR) is 138 cm³/mol. The maximum absolute atomic E-state index is 13.7. The van der Waals surface area contributed by atoms with Crippen molar-refractivity contribution in [3.8, 4) is 0 Å². The first kappa shape index (κ1) is 22.3. The van der Waals surface area contributed by atoms with Crippen molar-refractivity contribution in [2.75, 3.05) is 49.7 Å². The third-order valence-corrected chi connectivity index (χ3v) is 8.05. The van der Waals surface area contributed by atoms with Crippen molar-refractivity contribution in [2.24, 2.45) is 0 Å². The van der Waals surface area contributed by atoms with Crippen LogP contribution in [0.25, 0.3) is 5.57 Å². The highest BCUT2D eigenvalue weighted by molar-refractivity contribution is 8.27. The maximum atomic E-state index is 13.7. The van der Waals surface area contributed by atoms with Gasteiger partial charge < -0.3 is 4.90 Å². The van der Waals surface area contributed by atoms with Crippen molar-refractivity contribution in [3.05, 3.63) is 64.1 Å². The second-order valence-electron chi connectivity index (χ2n) is 8.74. The lowest BCUT2D eigenvalue weighted by Gasteiger charge is -2.34. The van der Waals surface area contributed by atoms with E-state index in [9.17, 15) is 9.59 Å². The first-order valence-corrected chi connectivity index (χ1v) is 12.3. The Morgan fingerprint density at radius 3 is 2.36 bits per heavy atom. The number of piperazine rings is 1. The van der Waals surface area contributed by atoms with Crippen LogP contribution in [0.1, 0.15) is 16.7 Å². The molecule has 3 aliphatic rings. The Morgan fingerprint density at radius 2 is 1.61 bits per heavy atom. The van der Waals surface area contributed by atoms with Gasteiger partial charge in [0.15, 0.2) is 4.32 Å². The van der Waals surface area contributed by atoms with Crippen LogP contribution in [-0.2, 0) is 9.59 Å². The topological polar surface area (TPSA) is 47.1 Å². The average Bonchev–Trinajstić information content (AvgIpc) is 3.24. The number of para-hydroxylation sites is 1. The molecule has 5 rings (SSSR count). The minimum atomic E-state index is -0.224. The van der Waals surface area contributed by atoms with Crippen molar-refractivity contribution < 1.29 is 9.59 Å².